The molecule has 0 saturated heterocycles. The molecule has 0 spiro atoms. The molecule has 3 aromatic rings. The van der Waals surface area contributed by atoms with Crippen molar-refractivity contribution in [1.82, 2.24) is 20.2 Å². The summed E-state index contributed by atoms with van der Waals surface area (Å²) in [6, 6.07) is 13.7. The first kappa shape index (κ1) is 18.4. The van der Waals surface area contributed by atoms with Crippen molar-refractivity contribution in [2.24, 2.45) is 0 Å². The van der Waals surface area contributed by atoms with Crippen LogP contribution in [0, 0.1) is 0 Å². The Morgan fingerprint density at radius 3 is 2.64 bits per heavy atom. The normalized spacial score (nSPS) is 11.6. The van der Waals surface area contributed by atoms with Gasteiger partial charge in [-0.3, -0.25) is 0 Å². The third kappa shape index (κ3) is 4.60. The Labute approximate surface area is 162 Å². The summed E-state index contributed by atoms with van der Waals surface area (Å²) in [5.74, 6) is 0.320. The summed E-state index contributed by atoms with van der Waals surface area (Å²) < 4.78 is 27.1. The molecule has 0 unspecified atom stereocenters. The lowest BCUT2D eigenvalue weighted by molar-refractivity contribution is 0.597. The van der Waals surface area contributed by atoms with Crippen molar-refractivity contribution in [2.45, 2.75) is 10.1 Å². The van der Waals surface area contributed by atoms with Crippen molar-refractivity contribution in [3.05, 3.63) is 58.0 Å². The fourth-order valence-corrected chi connectivity index (χ4v) is 5.03. The number of hydrogen-bond donors (Lipinski definition) is 0. The summed E-state index contributed by atoms with van der Waals surface area (Å²) in [5, 5.41) is 12.6. The van der Waals surface area contributed by atoms with Gasteiger partial charge in [-0.15, -0.1) is 5.10 Å². The zero-order chi connectivity index (χ0) is 17.9. The van der Waals surface area contributed by atoms with E-state index in [0.29, 0.717) is 20.8 Å². The maximum Gasteiger partial charge on any atom is 0.214 e. The number of rotatable bonds is 6. The molecule has 25 heavy (non-hydrogen) atoms. The molecule has 2 aromatic carbocycles. The third-order valence-electron chi connectivity index (χ3n) is 3.25. The monoisotopic (exact) mass is 458 g/mol. The van der Waals surface area contributed by atoms with Crippen molar-refractivity contribution >= 4 is 49.1 Å². The second-order valence-electron chi connectivity index (χ2n) is 4.97. The van der Waals surface area contributed by atoms with Crippen LogP contribution < -0.4 is 0 Å². The molecule has 0 fully saturated rings. The lowest BCUT2D eigenvalue weighted by Crippen LogP contribution is -2.09. The van der Waals surface area contributed by atoms with Crippen molar-refractivity contribution in [1.29, 1.82) is 0 Å². The van der Waals surface area contributed by atoms with Crippen LogP contribution >= 0.6 is 39.3 Å². The molecule has 0 aliphatic rings. The second-order valence-corrected chi connectivity index (χ2v) is 9.50. The number of aromatic nitrogens is 4. The van der Waals surface area contributed by atoms with Gasteiger partial charge in [0.25, 0.3) is 0 Å². The van der Waals surface area contributed by atoms with Crippen molar-refractivity contribution in [3.63, 3.8) is 0 Å². The van der Waals surface area contributed by atoms with Gasteiger partial charge in [-0.2, -0.15) is 4.68 Å². The molecule has 1 aromatic heterocycles. The number of tetrazole rings is 1. The number of halogens is 2. The van der Waals surface area contributed by atoms with Crippen LogP contribution in [-0.2, 0) is 9.84 Å². The number of hydrogen-bond acceptors (Lipinski definition) is 6. The number of sulfone groups is 1. The summed E-state index contributed by atoms with van der Waals surface area (Å²) in [6.45, 7) is 0. The molecule has 1 heterocycles. The molecule has 0 aliphatic carbocycles. The summed E-state index contributed by atoms with van der Waals surface area (Å²) in [6.07, 6.45) is 0. The molecule has 0 bridgehead atoms. The fourth-order valence-electron chi connectivity index (χ4n) is 2.04. The van der Waals surface area contributed by atoms with Gasteiger partial charge < -0.3 is 0 Å². The van der Waals surface area contributed by atoms with Crippen LogP contribution in [0.25, 0.3) is 5.69 Å². The van der Waals surface area contributed by atoms with E-state index in [1.165, 1.54) is 16.4 Å². The average Bonchev–Trinajstić information content (AvgIpc) is 3.03. The molecule has 6 nitrogen and oxygen atoms in total. The Morgan fingerprint density at radius 2 is 1.92 bits per heavy atom. The Morgan fingerprint density at radius 1 is 1.16 bits per heavy atom. The van der Waals surface area contributed by atoms with Gasteiger partial charge in [-0.25, -0.2) is 8.42 Å². The number of thioether (sulfide) groups is 1. The molecule has 0 saturated carbocycles. The smallest absolute Gasteiger partial charge is 0.214 e. The Bertz CT molecular complexity index is 977. The molecule has 10 heteroatoms. The van der Waals surface area contributed by atoms with Crippen LogP contribution in [0.3, 0.4) is 0 Å². The van der Waals surface area contributed by atoms with Crippen LogP contribution in [0.15, 0.2) is 63.1 Å². The zero-order valence-electron chi connectivity index (χ0n) is 12.7. The average molecular weight is 460 g/mol. The van der Waals surface area contributed by atoms with Gasteiger partial charge in [0.15, 0.2) is 9.84 Å². The molecular formula is C15H12BrClN4O2S2. The molecule has 0 N–H and O–H groups in total. The minimum absolute atomic E-state index is 0.0122. The molecule has 0 radical (unpaired) electrons. The maximum absolute atomic E-state index is 12.4. The minimum atomic E-state index is -3.36. The summed E-state index contributed by atoms with van der Waals surface area (Å²) in [7, 11) is -3.36. The van der Waals surface area contributed by atoms with E-state index < -0.39 is 9.84 Å². The summed E-state index contributed by atoms with van der Waals surface area (Å²) in [4.78, 5) is 0.297. The summed E-state index contributed by atoms with van der Waals surface area (Å²) >= 11 is 10.6. The zero-order valence-corrected chi connectivity index (χ0v) is 16.7. The number of nitrogens with zero attached hydrogens (tertiary/aromatic N) is 4. The second kappa shape index (κ2) is 7.86. The van der Waals surface area contributed by atoms with Gasteiger partial charge in [0, 0.05) is 15.2 Å². The van der Waals surface area contributed by atoms with E-state index in [1.54, 1.807) is 42.5 Å². The van der Waals surface area contributed by atoms with Gasteiger partial charge in [0.1, 0.15) is 0 Å². The molecule has 3 rings (SSSR count). The number of benzene rings is 2. The van der Waals surface area contributed by atoms with Gasteiger partial charge in [0.05, 0.1) is 16.3 Å². The summed E-state index contributed by atoms with van der Waals surface area (Å²) in [5.41, 5.74) is 0.718. The van der Waals surface area contributed by atoms with Crippen LogP contribution in [-0.4, -0.2) is 40.1 Å². The molecular weight excluding hydrogens is 448 g/mol. The lowest BCUT2D eigenvalue weighted by Gasteiger charge is -2.06. The fraction of sp³-hybridized carbons (Fsp3) is 0.133. The largest absolute Gasteiger partial charge is 0.224 e. The molecule has 0 atom stereocenters. The van der Waals surface area contributed by atoms with Crippen molar-refractivity contribution in [3.8, 4) is 5.69 Å². The lowest BCUT2D eigenvalue weighted by atomic mass is 10.3. The highest BCUT2D eigenvalue weighted by Gasteiger charge is 2.16. The Hall–Kier alpha value is -1.42. The third-order valence-corrected chi connectivity index (χ3v) is 6.92. The first-order valence-corrected chi connectivity index (χ1v) is 10.9. The molecule has 0 aliphatic heterocycles. The van der Waals surface area contributed by atoms with Crippen molar-refractivity contribution < 1.29 is 8.42 Å². The Balaban J connectivity index is 1.69. The maximum atomic E-state index is 12.4. The quantitative estimate of drug-likeness (QED) is 0.524. The Kier molecular flexibility index (Phi) is 5.78. The predicted octanol–water partition coefficient (Wildman–Crippen LogP) is 3.64. The first-order valence-electron chi connectivity index (χ1n) is 7.11. The van der Waals surface area contributed by atoms with E-state index >= 15 is 0 Å². The van der Waals surface area contributed by atoms with Gasteiger partial charge in [-0.1, -0.05) is 45.4 Å². The molecule has 130 valence electrons. The van der Waals surface area contributed by atoms with E-state index in [0.717, 1.165) is 10.2 Å². The highest BCUT2D eigenvalue weighted by molar-refractivity contribution is 9.10. The van der Waals surface area contributed by atoms with E-state index in [-0.39, 0.29) is 5.75 Å². The van der Waals surface area contributed by atoms with Gasteiger partial charge in [-0.05, 0) is 52.9 Å². The minimum Gasteiger partial charge on any atom is -0.224 e. The standard InChI is InChI=1S/C15H12BrClN4O2S2/c16-11-4-6-14(7-5-11)25(22,23)9-8-24-15-18-19-20-21(15)13-3-1-2-12(17)10-13/h1-7,10H,8-9H2. The van der Waals surface area contributed by atoms with Crippen molar-refractivity contribution in [2.75, 3.05) is 11.5 Å². The van der Waals surface area contributed by atoms with E-state index in [2.05, 4.69) is 31.5 Å². The highest BCUT2D eigenvalue weighted by Crippen LogP contribution is 2.22. The molecule has 0 amide bonds. The van der Waals surface area contributed by atoms with E-state index in [4.69, 9.17) is 11.6 Å². The first-order chi connectivity index (χ1) is 12.0. The van der Waals surface area contributed by atoms with E-state index in [9.17, 15) is 8.42 Å². The van der Waals surface area contributed by atoms with Gasteiger partial charge in [0.2, 0.25) is 5.16 Å². The van der Waals surface area contributed by atoms with Crippen LogP contribution in [0.1, 0.15) is 0 Å². The topological polar surface area (TPSA) is 77.7 Å². The van der Waals surface area contributed by atoms with E-state index in [1.807, 2.05) is 6.07 Å². The van der Waals surface area contributed by atoms with Gasteiger partial charge >= 0.3 is 0 Å². The predicted molar refractivity (Wildman–Crippen MR) is 101 cm³/mol. The SMILES string of the molecule is O=S(=O)(CCSc1nnnn1-c1cccc(Cl)c1)c1ccc(Br)cc1. The highest BCUT2D eigenvalue weighted by atomic mass is 79.9. The van der Waals surface area contributed by atoms with Crippen LogP contribution in [0.4, 0.5) is 0 Å². The van der Waals surface area contributed by atoms with Crippen LogP contribution in [0.2, 0.25) is 5.02 Å². The van der Waals surface area contributed by atoms with Crippen LogP contribution in [0.5, 0.6) is 0 Å².